The summed E-state index contributed by atoms with van der Waals surface area (Å²) in [5.74, 6) is -0.113. The highest BCUT2D eigenvalue weighted by Gasteiger charge is 2.33. The topological polar surface area (TPSA) is 104 Å². The lowest BCUT2D eigenvalue weighted by Gasteiger charge is -2.34. The Balaban J connectivity index is 2.03. The predicted octanol–water partition coefficient (Wildman–Crippen LogP) is 3.42. The van der Waals surface area contributed by atoms with E-state index in [1.807, 2.05) is 56.9 Å². The zero-order valence-electron chi connectivity index (χ0n) is 20.3. The highest BCUT2D eigenvalue weighted by atomic mass is 16.2. The molecular formula is C25H37N5O3. The van der Waals surface area contributed by atoms with Crippen LogP contribution in [0.15, 0.2) is 33.9 Å². The van der Waals surface area contributed by atoms with E-state index in [4.69, 9.17) is 5.73 Å². The van der Waals surface area contributed by atoms with Crippen molar-refractivity contribution in [3.05, 3.63) is 50.7 Å². The molecule has 1 aromatic carbocycles. The molecular weight excluding hydrogens is 418 g/mol. The molecule has 1 heterocycles. The van der Waals surface area contributed by atoms with E-state index in [0.717, 1.165) is 49.8 Å². The molecule has 3 rings (SSSR count). The summed E-state index contributed by atoms with van der Waals surface area (Å²) in [5.41, 5.74) is 7.46. The van der Waals surface area contributed by atoms with Gasteiger partial charge in [0, 0.05) is 24.3 Å². The molecule has 1 aliphatic rings. The molecule has 0 spiro atoms. The number of hydrogen-bond acceptors (Lipinski definition) is 5. The number of benzene rings is 1. The summed E-state index contributed by atoms with van der Waals surface area (Å²) in [5, 5.41) is 0. The van der Waals surface area contributed by atoms with Crippen LogP contribution in [-0.2, 0) is 11.3 Å². The second kappa shape index (κ2) is 10.7. The highest BCUT2D eigenvalue weighted by molar-refractivity contribution is 5.99. The van der Waals surface area contributed by atoms with Gasteiger partial charge in [0.1, 0.15) is 5.82 Å². The number of nitrogens with two attached hydrogens (primary N) is 1. The number of aromatic nitrogens is 2. The normalized spacial score (nSPS) is 14.1. The van der Waals surface area contributed by atoms with Crippen LogP contribution in [-0.4, -0.2) is 34.1 Å². The number of nitrogen functional groups attached to an aromatic ring is 1. The molecule has 0 bridgehead atoms. The van der Waals surface area contributed by atoms with Gasteiger partial charge < -0.3 is 10.6 Å². The minimum Gasteiger partial charge on any atom is -0.383 e. The quantitative estimate of drug-likeness (QED) is 0.603. The lowest BCUT2D eigenvalue weighted by molar-refractivity contribution is -0.117. The fourth-order valence-electron chi connectivity index (χ4n) is 4.55. The SMILES string of the molecule is CCCCn1c(N)c(N(C(=O)CN(c2ccc(C)cc2)C(C)C)C2CCCC2)c(=O)[nH]c1=O. The first-order valence-electron chi connectivity index (χ1n) is 12.0. The molecule has 1 aromatic heterocycles. The minimum atomic E-state index is -0.600. The summed E-state index contributed by atoms with van der Waals surface area (Å²) < 4.78 is 1.38. The molecule has 2 aromatic rings. The maximum absolute atomic E-state index is 13.8. The highest BCUT2D eigenvalue weighted by Crippen LogP contribution is 2.30. The number of aryl methyl sites for hydroxylation is 1. The standard InChI is InChI=1S/C25H37N5O3/c1-5-6-15-28-23(26)22(24(32)27-25(28)33)30(20-9-7-8-10-20)21(31)16-29(17(2)3)19-13-11-18(4)12-14-19/h11-14,17,20H,5-10,15-16,26H2,1-4H3,(H,27,32,33). The number of aromatic amines is 1. The summed E-state index contributed by atoms with van der Waals surface area (Å²) in [7, 11) is 0. The molecule has 1 saturated carbocycles. The molecule has 1 amide bonds. The van der Waals surface area contributed by atoms with E-state index in [9.17, 15) is 14.4 Å². The second-order valence-corrected chi connectivity index (χ2v) is 9.26. The summed E-state index contributed by atoms with van der Waals surface area (Å²) >= 11 is 0. The van der Waals surface area contributed by atoms with Crippen molar-refractivity contribution in [3.8, 4) is 0 Å². The number of unbranched alkanes of at least 4 members (excludes halogenated alkanes) is 1. The molecule has 8 heteroatoms. The molecule has 3 N–H and O–H groups in total. The van der Waals surface area contributed by atoms with E-state index in [1.165, 1.54) is 4.57 Å². The van der Waals surface area contributed by atoms with Gasteiger partial charge >= 0.3 is 5.69 Å². The molecule has 180 valence electrons. The summed E-state index contributed by atoms with van der Waals surface area (Å²) in [4.78, 5) is 45.2. The number of carbonyl (C=O) groups excluding carboxylic acids is 1. The third kappa shape index (κ3) is 5.49. The Bertz CT molecular complexity index is 1060. The van der Waals surface area contributed by atoms with Crippen molar-refractivity contribution in [1.82, 2.24) is 9.55 Å². The lowest BCUT2D eigenvalue weighted by atomic mass is 10.1. The first-order chi connectivity index (χ1) is 15.7. The Morgan fingerprint density at radius 3 is 2.39 bits per heavy atom. The average molecular weight is 456 g/mol. The zero-order chi connectivity index (χ0) is 24.1. The van der Waals surface area contributed by atoms with Crippen molar-refractivity contribution in [1.29, 1.82) is 0 Å². The number of H-pyrrole nitrogens is 1. The van der Waals surface area contributed by atoms with Crippen LogP contribution in [0.2, 0.25) is 0 Å². The number of nitrogens with one attached hydrogen (secondary N) is 1. The Kier molecular flexibility index (Phi) is 8.00. The molecule has 1 fully saturated rings. The van der Waals surface area contributed by atoms with Gasteiger partial charge in [-0.05, 0) is 52.2 Å². The van der Waals surface area contributed by atoms with Crippen LogP contribution in [0.5, 0.6) is 0 Å². The second-order valence-electron chi connectivity index (χ2n) is 9.26. The molecule has 0 aliphatic heterocycles. The van der Waals surface area contributed by atoms with Gasteiger partial charge in [0.2, 0.25) is 5.91 Å². The van der Waals surface area contributed by atoms with Crippen LogP contribution in [0.4, 0.5) is 17.2 Å². The van der Waals surface area contributed by atoms with Gasteiger partial charge in [0.05, 0.1) is 6.54 Å². The van der Waals surface area contributed by atoms with Gasteiger partial charge in [-0.3, -0.25) is 24.0 Å². The summed E-state index contributed by atoms with van der Waals surface area (Å²) in [6, 6.07) is 8.04. The van der Waals surface area contributed by atoms with Gasteiger partial charge in [-0.25, -0.2) is 4.79 Å². The van der Waals surface area contributed by atoms with E-state index in [0.29, 0.717) is 6.54 Å². The van der Waals surface area contributed by atoms with Crippen molar-refractivity contribution in [2.75, 3.05) is 22.1 Å². The minimum absolute atomic E-state index is 0.0730. The van der Waals surface area contributed by atoms with Crippen molar-refractivity contribution >= 4 is 23.1 Å². The van der Waals surface area contributed by atoms with Crippen molar-refractivity contribution in [2.45, 2.75) is 84.8 Å². The monoisotopic (exact) mass is 455 g/mol. The third-order valence-electron chi connectivity index (χ3n) is 6.44. The molecule has 0 radical (unpaired) electrons. The van der Waals surface area contributed by atoms with Gasteiger partial charge in [-0.2, -0.15) is 0 Å². The van der Waals surface area contributed by atoms with Gasteiger partial charge in [0.15, 0.2) is 5.69 Å². The van der Waals surface area contributed by atoms with E-state index < -0.39 is 11.2 Å². The fraction of sp³-hybridized carbons (Fsp3) is 0.560. The van der Waals surface area contributed by atoms with Crippen molar-refractivity contribution in [3.63, 3.8) is 0 Å². The fourth-order valence-corrected chi connectivity index (χ4v) is 4.55. The van der Waals surface area contributed by atoms with E-state index in [1.54, 1.807) is 4.90 Å². The summed E-state index contributed by atoms with van der Waals surface area (Å²) in [6.07, 6.45) is 5.24. The number of amides is 1. The Hall–Kier alpha value is -3.03. The van der Waals surface area contributed by atoms with Crippen LogP contribution >= 0.6 is 0 Å². The maximum Gasteiger partial charge on any atom is 0.330 e. The Morgan fingerprint density at radius 1 is 1.18 bits per heavy atom. The smallest absolute Gasteiger partial charge is 0.330 e. The molecule has 33 heavy (non-hydrogen) atoms. The van der Waals surface area contributed by atoms with Gasteiger partial charge in [0.25, 0.3) is 5.56 Å². The third-order valence-corrected chi connectivity index (χ3v) is 6.44. The molecule has 0 atom stereocenters. The van der Waals surface area contributed by atoms with E-state index in [-0.39, 0.29) is 36.0 Å². The maximum atomic E-state index is 13.8. The first-order valence-corrected chi connectivity index (χ1v) is 12.0. The molecule has 0 unspecified atom stereocenters. The van der Waals surface area contributed by atoms with Gasteiger partial charge in [-0.15, -0.1) is 0 Å². The Morgan fingerprint density at radius 2 is 1.82 bits per heavy atom. The molecule has 0 saturated heterocycles. The first kappa shape index (κ1) is 24.6. The largest absolute Gasteiger partial charge is 0.383 e. The van der Waals surface area contributed by atoms with E-state index >= 15 is 0 Å². The molecule has 8 nitrogen and oxygen atoms in total. The summed E-state index contributed by atoms with van der Waals surface area (Å²) in [6.45, 7) is 8.65. The van der Waals surface area contributed by atoms with Crippen LogP contribution in [0.25, 0.3) is 0 Å². The van der Waals surface area contributed by atoms with Crippen molar-refractivity contribution < 1.29 is 4.79 Å². The zero-order valence-corrected chi connectivity index (χ0v) is 20.3. The number of carbonyl (C=O) groups is 1. The predicted molar refractivity (Wildman–Crippen MR) is 134 cm³/mol. The van der Waals surface area contributed by atoms with E-state index in [2.05, 4.69) is 4.98 Å². The number of nitrogens with zero attached hydrogens (tertiary/aromatic N) is 3. The lowest BCUT2D eigenvalue weighted by Crippen LogP contribution is -2.50. The van der Waals surface area contributed by atoms with Crippen molar-refractivity contribution in [2.24, 2.45) is 0 Å². The number of rotatable bonds is 9. The van der Waals surface area contributed by atoms with Crippen LogP contribution in [0.1, 0.15) is 64.9 Å². The van der Waals surface area contributed by atoms with Crippen LogP contribution in [0, 0.1) is 6.92 Å². The molecule has 1 aliphatic carbocycles. The van der Waals surface area contributed by atoms with Gasteiger partial charge in [-0.1, -0.05) is 43.9 Å². The average Bonchev–Trinajstić information content (AvgIpc) is 3.29. The number of anilines is 3. The Labute approximate surface area is 195 Å². The number of hydrogen-bond donors (Lipinski definition) is 2. The van der Waals surface area contributed by atoms with Crippen LogP contribution in [0.3, 0.4) is 0 Å². The van der Waals surface area contributed by atoms with Crippen LogP contribution < -0.4 is 26.8 Å².